The minimum Gasteiger partial charge on any atom is -0.346 e. The zero-order valence-corrected chi connectivity index (χ0v) is 14.3. The van der Waals surface area contributed by atoms with Gasteiger partial charge in [-0.1, -0.05) is 13.8 Å². The standard InChI is InChI=1S/C15H22N6OS/c1-12(2)13(21-11-16-10-18-21)14(22)19-5-3-6-20(8-7-19)15-17-4-9-23-15/h4,9-13H,3,5-8H2,1-2H3. The van der Waals surface area contributed by atoms with E-state index in [-0.39, 0.29) is 17.9 Å². The van der Waals surface area contributed by atoms with Gasteiger partial charge in [0.1, 0.15) is 18.7 Å². The summed E-state index contributed by atoms with van der Waals surface area (Å²) in [6, 6.07) is -0.288. The highest BCUT2D eigenvalue weighted by Gasteiger charge is 2.30. The number of thiazole rings is 1. The van der Waals surface area contributed by atoms with Crippen molar-refractivity contribution < 1.29 is 4.79 Å². The van der Waals surface area contributed by atoms with Gasteiger partial charge >= 0.3 is 0 Å². The van der Waals surface area contributed by atoms with Crippen LogP contribution in [0.25, 0.3) is 0 Å². The number of hydrogen-bond acceptors (Lipinski definition) is 6. The summed E-state index contributed by atoms with van der Waals surface area (Å²) in [5.74, 6) is 0.300. The molecule has 8 heteroatoms. The Morgan fingerprint density at radius 2 is 2.13 bits per heavy atom. The van der Waals surface area contributed by atoms with Crippen LogP contribution in [0.1, 0.15) is 26.3 Å². The molecule has 1 saturated heterocycles. The molecule has 0 aromatic carbocycles. The van der Waals surface area contributed by atoms with Gasteiger partial charge in [0.25, 0.3) is 0 Å². The van der Waals surface area contributed by atoms with Gasteiger partial charge in [-0.15, -0.1) is 11.3 Å². The molecule has 0 radical (unpaired) electrons. The second-order valence-corrected chi connectivity index (χ2v) is 6.92. The van der Waals surface area contributed by atoms with E-state index in [2.05, 4.69) is 20.0 Å². The highest BCUT2D eigenvalue weighted by atomic mass is 32.1. The van der Waals surface area contributed by atoms with Gasteiger partial charge < -0.3 is 9.80 Å². The lowest BCUT2D eigenvalue weighted by Gasteiger charge is -2.28. The minimum absolute atomic E-state index is 0.131. The molecule has 1 amide bonds. The summed E-state index contributed by atoms with van der Waals surface area (Å²) in [6.07, 6.45) is 5.89. The molecule has 0 N–H and O–H groups in total. The van der Waals surface area contributed by atoms with Crippen molar-refractivity contribution in [1.82, 2.24) is 24.6 Å². The van der Waals surface area contributed by atoms with Crippen LogP contribution >= 0.6 is 11.3 Å². The summed E-state index contributed by atoms with van der Waals surface area (Å²) in [5, 5.41) is 7.20. The highest BCUT2D eigenvalue weighted by Crippen LogP contribution is 2.22. The Kier molecular flexibility index (Phi) is 4.90. The van der Waals surface area contributed by atoms with E-state index in [0.29, 0.717) is 0 Å². The van der Waals surface area contributed by atoms with Gasteiger partial charge in [-0.25, -0.2) is 14.6 Å². The number of nitrogens with zero attached hydrogens (tertiary/aromatic N) is 6. The van der Waals surface area contributed by atoms with E-state index in [1.807, 2.05) is 30.3 Å². The average molecular weight is 334 g/mol. The molecule has 7 nitrogen and oxygen atoms in total. The summed E-state index contributed by atoms with van der Waals surface area (Å²) in [6.45, 7) is 7.34. The summed E-state index contributed by atoms with van der Waals surface area (Å²) in [5.41, 5.74) is 0. The third-order valence-corrected chi connectivity index (χ3v) is 4.94. The fourth-order valence-electron chi connectivity index (χ4n) is 2.95. The maximum atomic E-state index is 13.0. The topological polar surface area (TPSA) is 67.2 Å². The molecule has 1 unspecified atom stereocenters. The fraction of sp³-hybridized carbons (Fsp3) is 0.600. The Hall–Kier alpha value is -1.96. The first-order valence-electron chi connectivity index (χ1n) is 7.94. The number of carbonyl (C=O) groups excluding carboxylic acids is 1. The van der Waals surface area contributed by atoms with Crippen molar-refractivity contribution in [1.29, 1.82) is 0 Å². The van der Waals surface area contributed by atoms with Crippen LogP contribution in [0.4, 0.5) is 5.13 Å². The SMILES string of the molecule is CC(C)C(C(=O)N1CCCN(c2nccs2)CC1)n1cncn1. The van der Waals surface area contributed by atoms with Crippen LogP contribution in [0.15, 0.2) is 24.2 Å². The third kappa shape index (κ3) is 3.52. The largest absolute Gasteiger partial charge is 0.346 e. The predicted octanol–water partition coefficient (Wildman–Crippen LogP) is 1.67. The van der Waals surface area contributed by atoms with Crippen molar-refractivity contribution in [2.24, 2.45) is 5.92 Å². The van der Waals surface area contributed by atoms with Crippen LogP contribution in [0.2, 0.25) is 0 Å². The maximum Gasteiger partial charge on any atom is 0.247 e. The molecular formula is C15H22N6OS. The van der Waals surface area contributed by atoms with Crippen LogP contribution in [0, 0.1) is 5.92 Å². The summed E-state index contributed by atoms with van der Waals surface area (Å²) in [7, 11) is 0. The zero-order chi connectivity index (χ0) is 16.2. The van der Waals surface area contributed by atoms with E-state index in [4.69, 9.17) is 0 Å². The van der Waals surface area contributed by atoms with Crippen LogP contribution in [0.3, 0.4) is 0 Å². The summed E-state index contributed by atoms with van der Waals surface area (Å²) >= 11 is 1.65. The van der Waals surface area contributed by atoms with Crippen molar-refractivity contribution in [3.8, 4) is 0 Å². The second kappa shape index (κ2) is 7.08. The smallest absolute Gasteiger partial charge is 0.247 e. The molecule has 0 bridgehead atoms. The first-order valence-corrected chi connectivity index (χ1v) is 8.82. The number of amides is 1. The Morgan fingerprint density at radius 1 is 1.26 bits per heavy atom. The van der Waals surface area contributed by atoms with Crippen LogP contribution in [0.5, 0.6) is 0 Å². The molecule has 3 rings (SSSR count). The molecule has 124 valence electrons. The summed E-state index contributed by atoms with van der Waals surface area (Å²) < 4.78 is 1.68. The van der Waals surface area contributed by atoms with Crippen LogP contribution in [-0.2, 0) is 4.79 Å². The molecule has 2 aromatic heterocycles. The Morgan fingerprint density at radius 3 is 2.78 bits per heavy atom. The Bertz CT molecular complexity index is 612. The normalized spacial score (nSPS) is 17.3. The van der Waals surface area contributed by atoms with Gasteiger partial charge in [0.15, 0.2) is 5.13 Å². The van der Waals surface area contributed by atoms with Crippen molar-refractivity contribution in [3.63, 3.8) is 0 Å². The third-order valence-electron chi connectivity index (χ3n) is 4.10. The van der Waals surface area contributed by atoms with Crippen LogP contribution < -0.4 is 4.90 Å². The van der Waals surface area contributed by atoms with Gasteiger partial charge in [-0.2, -0.15) is 5.10 Å². The predicted molar refractivity (Wildman–Crippen MR) is 89.4 cm³/mol. The number of hydrogen-bond donors (Lipinski definition) is 0. The van der Waals surface area contributed by atoms with Gasteiger partial charge in [0, 0.05) is 37.8 Å². The lowest BCUT2D eigenvalue weighted by atomic mass is 10.0. The molecule has 0 aliphatic carbocycles. The summed E-state index contributed by atoms with van der Waals surface area (Å²) in [4.78, 5) is 25.6. The van der Waals surface area contributed by atoms with Crippen LogP contribution in [-0.4, -0.2) is 56.7 Å². The van der Waals surface area contributed by atoms with Crippen molar-refractivity contribution in [2.75, 3.05) is 31.1 Å². The number of aromatic nitrogens is 4. The monoisotopic (exact) mass is 334 g/mol. The molecule has 1 atom stereocenters. The van der Waals surface area contributed by atoms with Crippen molar-refractivity contribution in [2.45, 2.75) is 26.3 Å². The lowest BCUT2D eigenvalue weighted by molar-refractivity contribution is -0.136. The number of rotatable bonds is 4. The minimum atomic E-state index is -0.288. The van der Waals surface area contributed by atoms with Gasteiger partial charge in [-0.3, -0.25) is 4.79 Å². The molecule has 1 aliphatic heterocycles. The Labute approximate surface area is 140 Å². The first-order chi connectivity index (χ1) is 11.2. The second-order valence-electron chi connectivity index (χ2n) is 6.04. The molecule has 3 heterocycles. The van der Waals surface area contributed by atoms with E-state index >= 15 is 0 Å². The van der Waals surface area contributed by atoms with E-state index in [1.54, 1.807) is 22.3 Å². The van der Waals surface area contributed by atoms with Crippen molar-refractivity contribution in [3.05, 3.63) is 24.2 Å². The van der Waals surface area contributed by atoms with Gasteiger partial charge in [0.2, 0.25) is 5.91 Å². The first kappa shape index (κ1) is 15.9. The maximum absolute atomic E-state index is 13.0. The highest BCUT2D eigenvalue weighted by molar-refractivity contribution is 7.13. The quantitative estimate of drug-likeness (QED) is 0.851. The van der Waals surface area contributed by atoms with E-state index in [9.17, 15) is 4.79 Å². The van der Waals surface area contributed by atoms with Gasteiger partial charge in [-0.05, 0) is 12.3 Å². The van der Waals surface area contributed by atoms with E-state index in [0.717, 1.165) is 37.7 Å². The molecular weight excluding hydrogens is 312 g/mol. The lowest BCUT2D eigenvalue weighted by Crippen LogP contribution is -2.41. The molecule has 0 spiro atoms. The number of carbonyl (C=O) groups is 1. The fourth-order valence-corrected chi connectivity index (χ4v) is 3.65. The molecule has 1 aliphatic rings. The van der Waals surface area contributed by atoms with Crippen molar-refractivity contribution >= 4 is 22.4 Å². The average Bonchev–Trinajstić information content (AvgIpc) is 3.18. The molecule has 2 aromatic rings. The number of anilines is 1. The zero-order valence-electron chi connectivity index (χ0n) is 13.5. The molecule has 23 heavy (non-hydrogen) atoms. The van der Waals surface area contributed by atoms with Gasteiger partial charge in [0.05, 0.1) is 0 Å². The Balaban J connectivity index is 1.70. The molecule has 1 fully saturated rings. The van der Waals surface area contributed by atoms with E-state index in [1.165, 1.54) is 6.33 Å². The van der Waals surface area contributed by atoms with E-state index < -0.39 is 0 Å². The molecule has 0 saturated carbocycles.